The number of hydrogen-bond donors (Lipinski definition) is 3. The van der Waals surface area contributed by atoms with Crippen LogP contribution in [-0.4, -0.2) is 29.6 Å². The molecule has 68 valence electrons. The van der Waals surface area contributed by atoms with Gasteiger partial charge in [-0.3, -0.25) is 4.79 Å². The first-order valence-electron chi connectivity index (χ1n) is 3.55. The van der Waals surface area contributed by atoms with Gasteiger partial charge in [-0.2, -0.15) is 0 Å². The molecule has 1 atom stereocenters. The summed E-state index contributed by atoms with van der Waals surface area (Å²) in [7, 11) is 0. The van der Waals surface area contributed by atoms with E-state index in [0.29, 0.717) is 19.4 Å². The molecule has 5 nitrogen and oxygen atoms in total. The molecule has 0 saturated carbocycles. The van der Waals surface area contributed by atoms with Gasteiger partial charge in [0.25, 0.3) is 0 Å². The van der Waals surface area contributed by atoms with Gasteiger partial charge in [0.05, 0.1) is 0 Å². The summed E-state index contributed by atoms with van der Waals surface area (Å²) in [5.41, 5.74) is 10.4. The second kappa shape index (κ2) is 5.49. The summed E-state index contributed by atoms with van der Waals surface area (Å²) < 4.78 is 0. The Kier molecular flexibility index (Phi) is 4.96. The summed E-state index contributed by atoms with van der Waals surface area (Å²) in [6.07, 6.45) is 0.846. The van der Waals surface area contributed by atoms with E-state index in [2.05, 4.69) is 0 Å². The molecule has 0 spiro atoms. The molecule has 0 saturated heterocycles. The van der Waals surface area contributed by atoms with Gasteiger partial charge >= 0.3 is 5.97 Å². The van der Waals surface area contributed by atoms with Crippen LogP contribution in [0.25, 0.3) is 0 Å². The summed E-state index contributed by atoms with van der Waals surface area (Å²) in [4.78, 5) is 20.5. The average Bonchev–Trinajstić information content (AvgIpc) is 2.05. The van der Waals surface area contributed by atoms with Crippen LogP contribution in [-0.2, 0) is 9.59 Å². The minimum absolute atomic E-state index is 0.0629. The van der Waals surface area contributed by atoms with Crippen molar-refractivity contribution in [3.63, 3.8) is 0 Å². The van der Waals surface area contributed by atoms with E-state index >= 15 is 0 Å². The highest BCUT2D eigenvalue weighted by atomic mass is 16.4. The number of rotatable bonds is 5. The number of carbonyl (C=O) groups excluding carboxylic acids is 1. The van der Waals surface area contributed by atoms with E-state index in [1.165, 1.54) is 5.94 Å². The van der Waals surface area contributed by atoms with Crippen molar-refractivity contribution >= 4 is 11.9 Å². The van der Waals surface area contributed by atoms with Crippen molar-refractivity contribution in [3.05, 3.63) is 5.57 Å². The zero-order chi connectivity index (χ0) is 9.56. The molecule has 0 fully saturated rings. The molecule has 0 aromatic heterocycles. The number of aliphatic carboxylic acids is 1. The molecule has 5 heteroatoms. The van der Waals surface area contributed by atoms with Crippen LogP contribution in [0.2, 0.25) is 0 Å². The predicted octanol–water partition coefficient (Wildman–Crippen LogP) is -1.10. The Balaban J connectivity index is 4.17. The number of carboxylic acid groups (broad SMARTS) is 1. The largest absolute Gasteiger partial charge is 0.480 e. The lowest BCUT2D eigenvalue weighted by molar-refractivity contribution is -0.137. The Hall–Kier alpha value is -1.16. The number of hydrogen-bond acceptors (Lipinski definition) is 4. The van der Waals surface area contributed by atoms with E-state index in [9.17, 15) is 9.59 Å². The van der Waals surface area contributed by atoms with Crippen LogP contribution in [0.1, 0.15) is 12.8 Å². The molecule has 1 unspecified atom stereocenters. The van der Waals surface area contributed by atoms with Gasteiger partial charge in [-0.05, 0) is 19.4 Å². The molecular weight excluding hydrogens is 160 g/mol. The third-order valence-electron chi connectivity index (χ3n) is 1.42. The van der Waals surface area contributed by atoms with Gasteiger partial charge in [0.1, 0.15) is 12.0 Å². The third-order valence-corrected chi connectivity index (χ3v) is 1.42. The maximum Gasteiger partial charge on any atom is 0.325 e. The van der Waals surface area contributed by atoms with Crippen molar-refractivity contribution in [2.45, 2.75) is 18.9 Å². The van der Waals surface area contributed by atoms with E-state index < -0.39 is 12.0 Å². The molecule has 0 aromatic carbocycles. The van der Waals surface area contributed by atoms with Crippen molar-refractivity contribution in [2.24, 2.45) is 11.5 Å². The molecule has 0 aliphatic carbocycles. The Morgan fingerprint density at radius 1 is 1.58 bits per heavy atom. The molecule has 0 aliphatic rings. The Labute approximate surface area is 70.0 Å². The van der Waals surface area contributed by atoms with Crippen LogP contribution < -0.4 is 11.5 Å². The maximum absolute atomic E-state index is 10.3. The highest BCUT2D eigenvalue weighted by Crippen LogP contribution is 2.04. The highest BCUT2D eigenvalue weighted by molar-refractivity contribution is 5.80. The fourth-order valence-corrected chi connectivity index (χ4v) is 0.712. The van der Waals surface area contributed by atoms with Crippen LogP contribution in [0.3, 0.4) is 0 Å². The smallest absolute Gasteiger partial charge is 0.325 e. The van der Waals surface area contributed by atoms with Gasteiger partial charge in [0.15, 0.2) is 0 Å². The average molecular weight is 172 g/mol. The molecule has 12 heavy (non-hydrogen) atoms. The molecule has 5 N–H and O–H groups in total. The molecule has 0 bridgehead atoms. The molecule has 0 radical (unpaired) electrons. The zero-order valence-electron chi connectivity index (χ0n) is 6.62. The quantitative estimate of drug-likeness (QED) is 0.456. The second-order valence-electron chi connectivity index (χ2n) is 2.34. The van der Waals surface area contributed by atoms with Crippen molar-refractivity contribution in [2.75, 3.05) is 6.54 Å². The zero-order valence-corrected chi connectivity index (χ0v) is 6.62. The molecule has 0 aliphatic heterocycles. The van der Waals surface area contributed by atoms with E-state index in [4.69, 9.17) is 16.6 Å². The minimum atomic E-state index is -1.24. The predicted molar refractivity (Wildman–Crippen MR) is 43.1 cm³/mol. The molecule has 0 aromatic rings. The Morgan fingerprint density at radius 3 is 2.50 bits per heavy atom. The standard InChI is InChI=1S/C7H12N2O3/c8-3-1-2-5(4-10)6(9)7(11)12/h6H,1-3,8-9H2,(H,11,12). The van der Waals surface area contributed by atoms with Gasteiger partial charge in [-0.25, -0.2) is 4.79 Å². The molecule has 0 amide bonds. The van der Waals surface area contributed by atoms with Crippen LogP contribution in [0.5, 0.6) is 0 Å². The van der Waals surface area contributed by atoms with Crippen molar-refractivity contribution in [1.29, 1.82) is 0 Å². The van der Waals surface area contributed by atoms with Crippen molar-refractivity contribution in [3.8, 4) is 0 Å². The Bertz CT molecular complexity index is 209. The van der Waals surface area contributed by atoms with Gasteiger partial charge in [-0.15, -0.1) is 0 Å². The summed E-state index contributed by atoms with van der Waals surface area (Å²) in [6.45, 7) is 0.400. The first-order valence-corrected chi connectivity index (χ1v) is 3.55. The van der Waals surface area contributed by atoms with E-state index in [1.54, 1.807) is 0 Å². The normalized spacial score (nSPS) is 11.8. The number of carboxylic acids is 1. The second-order valence-corrected chi connectivity index (χ2v) is 2.34. The van der Waals surface area contributed by atoms with Crippen molar-refractivity contribution < 1.29 is 14.7 Å². The molecule has 0 rings (SSSR count). The van der Waals surface area contributed by atoms with E-state index in [1.807, 2.05) is 0 Å². The fraction of sp³-hybridized carbons (Fsp3) is 0.571. The first-order chi connectivity index (χ1) is 5.63. The lowest BCUT2D eigenvalue weighted by Gasteiger charge is -2.06. The lowest BCUT2D eigenvalue weighted by Crippen LogP contribution is -2.32. The van der Waals surface area contributed by atoms with Gasteiger partial charge < -0.3 is 16.6 Å². The van der Waals surface area contributed by atoms with Crippen LogP contribution >= 0.6 is 0 Å². The number of nitrogens with two attached hydrogens (primary N) is 2. The van der Waals surface area contributed by atoms with Crippen LogP contribution in [0.4, 0.5) is 0 Å². The topological polar surface area (TPSA) is 106 Å². The first kappa shape index (κ1) is 10.8. The van der Waals surface area contributed by atoms with Gasteiger partial charge in [0, 0.05) is 5.57 Å². The summed E-state index contributed by atoms with van der Waals surface area (Å²) in [6, 6.07) is -1.24. The molecular formula is C7H12N2O3. The van der Waals surface area contributed by atoms with E-state index in [-0.39, 0.29) is 5.57 Å². The van der Waals surface area contributed by atoms with Gasteiger partial charge in [0.2, 0.25) is 0 Å². The fourth-order valence-electron chi connectivity index (χ4n) is 0.712. The summed E-state index contributed by atoms with van der Waals surface area (Å²) in [5.74, 6) is 0.306. The van der Waals surface area contributed by atoms with Crippen LogP contribution in [0.15, 0.2) is 5.57 Å². The molecule has 0 heterocycles. The number of carbonyl (C=O) groups is 1. The maximum atomic E-state index is 10.3. The van der Waals surface area contributed by atoms with Gasteiger partial charge in [-0.1, -0.05) is 0 Å². The summed E-state index contributed by atoms with van der Waals surface area (Å²) in [5, 5.41) is 8.43. The Morgan fingerprint density at radius 2 is 2.17 bits per heavy atom. The highest BCUT2D eigenvalue weighted by Gasteiger charge is 2.17. The SMILES string of the molecule is NCCCC(=C=O)C(N)C(=O)O. The van der Waals surface area contributed by atoms with E-state index in [0.717, 1.165) is 0 Å². The monoisotopic (exact) mass is 172 g/mol. The lowest BCUT2D eigenvalue weighted by atomic mass is 10.0. The summed E-state index contributed by atoms with van der Waals surface area (Å²) >= 11 is 0. The minimum Gasteiger partial charge on any atom is -0.480 e. The van der Waals surface area contributed by atoms with Crippen molar-refractivity contribution in [1.82, 2.24) is 0 Å². The van der Waals surface area contributed by atoms with Crippen LogP contribution in [0, 0.1) is 0 Å². The third kappa shape index (κ3) is 3.30.